The monoisotopic (exact) mass is 229 g/mol. The van der Waals surface area contributed by atoms with Crippen molar-refractivity contribution < 1.29 is 5.11 Å². The van der Waals surface area contributed by atoms with Crippen LogP contribution in [0.1, 0.15) is 34.6 Å². The van der Waals surface area contributed by atoms with Crippen LogP contribution in [0, 0.1) is 11.8 Å². The first-order valence-corrected chi connectivity index (χ1v) is 9.25. The lowest BCUT2D eigenvalue weighted by Crippen LogP contribution is -2.45. The molecule has 1 N–H and O–H groups in total. The first kappa shape index (κ1) is 14.8. The van der Waals surface area contributed by atoms with Crippen molar-refractivity contribution in [2.24, 2.45) is 16.5 Å². The summed E-state index contributed by atoms with van der Waals surface area (Å²) < 4.78 is 4.81. The summed E-state index contributed by atoms with van der Waals surface area (Å²) in [5.74, 6) is 0.518. The third-order valence-electron chi connectivity index (χ3n) is 2.65. The summed E-state index contributed by atoms with van der Waals surface area (Å²) in [5, 5.41) is 10.5. The minimum atomic E-state index is -1.51. The molecule has 0 saturated heterocycles. The standard InChI is InChI=1S/C12H27NOSi/c1-9(2)11(13-15(6,7)8)12(5,14)10(3)4/h9-10,14H,1-8H3/b13-11+. The molecule has 0 aliphatic rings. The fraction of sp³-hybridized carbons (Fsp3) is 0.917. The second-order valence-electron chi connectivity index (χ2n) is 6.12. The lowest BCUT2D eigenvalue weighted by Gasteiger charge is -2.33. The highest BCUT2D eigenvalue weighted by molar-refractivity contribution is 6.75. The van der Waals surface area contributed by atoms with Crippen LogP contribution in [0.3, 0.4) is 0 Å². The van der Waals surface area contributed by atoms with E-state index in [1.165, 1.54) is 0 Å². The van der Waals surface area contributed by atoms with Gasteiger partial charge < -0.3 is 9.76 Å². The second kappa shape index (κ2) is 4.79. The molecule has 0 radical (unpaired) electrons. The summed E-state index contributed by atoms with van der Waals surface area (Å²) in [5.41, 5.74) is 0.200. The quantitative estimate of drug-likeness (QED) is 0.582. The Morgan fingerprint density at radius 3 is 1.73 bits per heavy atom. The largest absolute Gasteiger partial charge is 0.384 e. The topological polar surface area (TPSA) is 32.6 Å². The number of hydrogen-bond donors (Lipinski definition) is 1. The molecule has 15 heavy (non-hydrogen) atoms. The summed E-state index contributed by atoms with van der Waals surface area (Å²) in [4.78, 5) is 0. The lowest BCUT2D eigenvalue weighted by molar-refractivity contribution is 0.0786. The molecule has 0 bridgehead atoms. The molecule has 0 fully saturated rings. The molecule has 1 unspecified atom stereocenters. The van der Waals surface area contributed by atoms with Crippen molar-refractivity contribution in [1.82, 2.24) is 0 Å². The van der Waals surface area contributed by atoms with E-state index in [1.54, 1.807) is 0 Å². The maximum absolute atomic E-state index is 10.5. The molecule has 0 aromatic heterocycles. The fourth-order valence-electron chi connectivity index (χ4n) is 1.48. The molecule has 0 spiro atoms. The second-order valence-corrected chi connectivity index (χ2v) is 10.7. The van der Waals surface area contributed by atoms with Crippen LogP contribution in [0.2, 0.25) is 19.6 Å². The Labute approximate surface area is 95.9 Å². The van der Waals surface area contributed by atoms with Crippen LogP contribution in [-0.2, 0) is 0 Å². The molecule has 2 nitrogen and oxygen atoms in total. The molecule has 0 aliphatic carbocycles. The maximum atomic E-state index is 10.5. The van der Waals surface area contributed by atoms with Crippen molar-refractivity contribution in [2.45, 2.75) is 59.9 Å². The third kappa shape index (κ3) is 4.47. The third-order valence-corrected chi connectivity index (χ3v) is 3.56. The van der Waals surface area contributed by atoms with E-state index in [1.807, 2.05) is 20.8 Å². The van der Waals surface area contributed by atoms with Crippen LogP contribution in [0.25, 0.3) is 0 Å². The molecule has 0 amide bonds. The Morgan fingerprint density at radius 1 is 1.13 bits per heavy atom. The summed E-state index contributed by atoms with van der Waals surface area (Å²) in [6.45, 7) is 16.8. The predicted octanol–water partition coefficient (Wildman–Crippen LogP) is 3.33. The summed E-state index contributed by atoms with van der Waals surface area (Å²) >= 11 is 0. The molecular weight excluding hydrogens is 202 g/mol. The Kier molecular flexibility index (Phi) is 4.74. The zero-order valence-electron chi connectivity index (χ0n) is 11.5. The highest BCUT2D eigenvalue weighted by atomic mass is 28.3. The van der Waals surface area contributed by atoms with E-state index < -0.39 is 13.8 Å². The van der Waals surface area contributed by atoms with Crippen LogP contribution in [-0.4, -0.2) is 24.7 Å². The molecule has 0 aliphatic heterocycles. The van der Waals surface area contributed by atoms with Gasteiger partial charge in [0.2, 0.25) is 0 Å². The van der Waals surface area contributed by atoms with Gasteiger partial charge in [-0.25, -0.2) is 0 Å². The molecule has 90 valence electrons. The highest BCUT2D eigenvalue weighted by Gasteiger charge is 2.34. The SMILES string of the molecule is CC(C)/C(=N\[Si](C)(C)C)C(C)(O)C(C)C. The molecular formula is C12H27NOSi. The molecule has 1 atom stereocenters. The number of rotatable bonds is 4. The first-order chi connectivity index (χ1) is 6.48. The van der Waals surface area contributed by atoms with E-state index in [0.29, 0.717) is 5.92 Å². The van der Waals surface area contributed by atoms with E-state index in [9.17, 15) is 5.11 Å². The average Bonchev–Trinajstić information content (AvgIpc) is 1.97. The Balaban J connectivity index is 5.26. The maximum Gasteiger partial charge on any atom is 0.172 e. The van der Waals surface area contributed by atoms with E-state index in [2.05, 4.69) is 33.5 Å². The van der Waals surface area contributed by atoms with Gasteiger partial charge in [-0.2, -0.15) is 0 Å². The van der Waals surface area contributed by atoms with Crippen molar-refractivity contribution in [2.75, 3.05) is 0 Å². The van der Waals surface area contributed by atoms with E-state index >= 15 is 0 Å². The van der Waals surface area contributed by atoms with Crippen LogP contribution in [0.5, 0.6) is 0 Å². The number of hydrogen-bond acceptors (Lipinski definition) is 2. The van der Waals surface area contributed by atoms with Crippen LogP contribution < -0.4 is 0 Å². The van der Waals surface area contributed by atoms with Gasteiger partial charge in [0, 0.05) is 5.71 Å². The van der Waals surface area contributed by atoms with Crippen molar-refractivity contribution in [3.8, 4) is 0 Å². The van der Waals surface area contributed by atoms with Gasteiger partial charge in [0.05, 0.1) is 0 Å². The van der Waals surface area contributed by atoms with E-state index in [0.717, 1.165) is 5.71 Å². The average molecular weight is 229 g/mol. The molecule has 0 rings (SSSR count). The summed E-state index contributed by atoms with van der Waals surface area (Å²) in [6.07, 6.45) is 0. The lowest BCUT2D eigenvalue weighted by atomic mass is 9.83. The minimum absolute atomic E-state index is 0.204. The zero-order valence-corrected chi connectivity index (χ0v) is 12.5. The van der Waals surface area contributed by atoms with Crippen molar-refractivity contribution >= 4 is 13.9 Å². The van der Waals surface area contributed by atoms with E-state index in [4.69, 9.17) is 4.66 Å². The predicted molar refractivity (Wildman–Crippen MR) is 71.1 cm³/mol. The molecule has 0 aromatic carbocycles. The summed E-state index contributed by atoms with van der Waals surface area (Å²) in [7, 11) is -1.51. The Hall–Kier alpha value is -0.153. The van der Waals surface area contributed by atoms with Gasteiger partial charge in [-0.1, -0.05) is 27.7 Å². The molecule has 0 aromatic rings. The van der Waals surface area contributed by atoms with Gasteiger partial charge in [0.1, 0.15) is 5.60 Å². The smallest absolute Gasteiger partial charge is 0.172 e. The van der Waals surface area contributed by atoms with Crippen LogP contribution >= 0.6 is 0 Å². The van der Waals surface area contributed by atoms with Gasteiger partial charge in [-0.05, 0) is 38.4 Å². The molecule has 0 heterocycles. The van der Waals surface area contributed by atoms with Crippen molar-refractivity contribution in [3.05, 3.63) is 0 Å². The number of nitrogens with zero attached hydrogens (tertiary/aromatic N) is 1. The van der Waals surface area contributed by atoms with Crippen LogP contribution in [0.15, 0.2) is 4.66 Å². The summed E-state index contributed by atoms with van der Waals surface area (Å²) in [6, 6.07) is 0. The fourth-order valence-corrected chi connectivity index (χ4v) is 2.69. The van der Waals surface area contributed by atoms with Crippen LogP contribution in [0.4, 0.5) is 0 Å². The Morgan fingerprint density at radius 2 is 1.53 bits per heavy atom. The van der Waals surface area contributed by atoms with Crippen molar-refractivity contribution in [1.29, 1.82) is 0 Å². The Bertz CT molecular complexity index is 236. The van der Waals surface area contributed by atoms with Crippen molar-refractivity contribution in [3.63, 3.8) is 0 Å². The molecule has 0 saturated carbocycles. The van der Waals surface area contributed by atoms with Gasteiger partial charge in [0.15, 0.2) is 8.24 Å². The van der Waals surface area contributed by atoms with Gasteiger partial charge in [-0.15, -0.1) is 0 Å². The first-order valence-electron chi connectivity index (χ1n) is 5.81. The highest BCUT2D eigenvalue weighted by Crippen LogP contribution is 2.24. The van der Waals surface area contributed by atoms with Gasteiger partial charge >= 0.3 is 0 Å². The zero-order chi connectivity index (χ0) is 12.4. The van der Waals surface area contributed by atoms with Gasteiger partial charge in [-0.3, -0.25) is 0 Å². The molecule has 3 heteroatoms. The van der Waals surface area contributed by atoms with Gasteiger partial charge in [0.25, 0.3) is 0 Å². The number of aliphatic hydroxyl groups is 1. The normalized spacial score (nSPS) is 18.5. The van der Waals surface area contributed by atoms with E-state index in [-0.39, 0.29) is 5.92 Å². The minimum Gasteiger partial charge on any atom is -0.384 e.